The van der Waals surface area contributed by atoms with Gasteiger partial charge in [0.1, 0.15) is 5.15 Å². The van der Waals surface area contributed by atoms with Crippen molar-refractivity contribution in [2.45, 2.75) is 20.4 Å². The van der Waals surface area contributed by atoms with E-state index >= 15 is 0 Å². The van der Waals surface area contributed by atoms with Gasteiger partial charge in [-0.25, -0.2) is 4.98 Å². The largest absolute Gasteiger partial charge is 0.379 e. The van der Waals surface area contributed by atoms with E-state index < -0.39 is 0 Å². The van der Waals surface area contributed by atoms with Crippen molar-refractivity contribution in [3.05, 3.63) is 64.6 Å². The monoisotopic (exact) mass is 297 g/mol. The van der Waals surface area contributed by atoms with Gasteiger partial charge in [-0.1, -0.05) is 29.8 Å². The first kappa shape index (κ1) is 13.8. The highest BCUT2D eigenvalue weighted by atomic mass is 35.5. The molecule has 0 amide bonds. The zero-order valence-electron chi connectivity index (χ0n) is 12.0. The highest BCUT2D eigenvalue weighted by Crippen LogP contribution is 2.21. The summed E-state index contributed by atoms with van der Waals surface area (Å²) in [6.45, 7) is 4.70. The van der Waals surface area contributed by atoms with Crippen molar-refractivity contribution >= 4 is 28.2 Å². The number of fused-ring (bicyclic) bond motifs is 1. The van der Waals surface area contributed by atoms with Crippen molar-refractivity contribution < 1.29 is 0 Å². The number of halogens is 1. The molecule has 0 atom stereocenters. The zero-order chi connectivity index (χ0) is 14.8. The van der Waals surface area contributed by atoms with Gasteiger partial charge in [-0.3, -0.25) is 4.98 Å². The van der Waals surface area contributed by atoms with Crippen molar-refractivity contribution in [2.75, 3.05) is 5.32 Å². The molecule has 0 saturated heterocycles. The molecule has 0 unspecified atom stereocenters. The molecule has 0 aliphatic rings. The predicted octanol–water partition coefficient (Wildman–Crippen LogP) is 4.51. The molecule has 4 heteroatoms. The Kier molecular flexibility index (Phi) is 3.76. The van der Waals surface area contributed by atoms with Gasteiger partial charge in [0.25, 0.3) is 0 Å². The van der Waals surface area contributed by atoms with E-state index in [0.29, 0.717) is 5.15 Å². The predicted molar refractivity (Wildman–Crippen MR) is 87.8 cm³/mol. The molecule has 0 spiro atoms. The molecule has 0 aliphatic carbocycles. The number of hydrogen-bond acceptors (Lipinski definition) is 3. The van der Waals surface area contributed by atoms with Gasteiger partial charge in [0, 0.05) is 17.6 Å². The molecule has 3 aromatic rings. The first-order valence-corrected chi connectivity index (χ1v) is 7.23. The molecule has 0 fully saturated rings. The van der Waals surface area contributed by atoms with E-state index in [1.807, 2.05) is 38.1 Å². The molecule has 21 heavy (non-hydrogen) atoms. The first-order valence-electron chi connectivity index (χ1n) is 6.86. The van der Waals surface area contributed by atoms with Crippen molar-refractivity contribution in [1.29, 1.82) is 0 Å². The molecule has 2 heterocycles. The van der Waals surface area contributed by atoms with Gasteiger partial charge in [-0.05, 0) is 43.7 Å². The van der Waals surface area contributed by atoms with Gasteiger partial charge in [-0.2, -0.15) is 0 Å². The van der Waals surface area contributed by atoms with Crippen LogP contribution in [0.2, 0.25) is 5.15 Å². The van der Waals surface area contributed by atoms with E-state index in [-0.39, 0.29) is 0 Å². The summed E-state index contributed by atoms with van der Waals surface area (Å²) in [4.78, 5) is 8.82. The number of anilines is 1. The molecular weight excluding hydrogens is 282 g/mol. The van der Waals surface area contributed by atoms with Gasteiger partial charge in [-0.15, -0.1) is 0 Å². The van der Waals surface area contributed by atoms with Crippen LogP contribution >= 0.6 is 11.6 Å². The lowest BCUT2D eigenvalue weighted by Crippen LogP contribution is -2.03. The van der Waals surface area contributed by atoms with Crippen LogP contribution in [0.15, 0.2) is 42.5 Å². The highest BCUT2D eigenvalue weighted by Gasteiger charge is 2.05. The van der Waals surface area contributed by atoms with Crippen LogP contribution in [0.4, 0.5) is 5.69 Å². The second kappa shape index (κ2) is 5.70. The Morgan fingerprint density at radius 3 is 2.67 bits per heavy atom. The van der Waals surface area contributed by atoms with Gasteiger partial charge < -0.3 is 5.32 Å². The average molecular weight is 298 g/mol. The molecule has 1 N–H and O–H groups in total. The third kappa shape index (κ3) is 2.98. The summed E-state index contributed by atoms with van der Waals surface area (Å²) in [7, 11) is 0. The molecule has 0 bridgehead atoms. The minimum absolute atomic E-state index is 0.517. The number of nitrogens with one attached hydrogen (secondary N) is 1. The summed E-state index contributed by atoms with van der Waals surface area (Å²) < 4.78 is 0. The van der Waals surface area contributed by atoms with Crippen LogP contribution < -0.4 is 5.32 Å². The molecule has 0 radical (unpaired) electrons. The molecular formula is C17H16ClN3. The number of para-hydroxylation sites is 1. The fraction of sp³-hybridized carbons (Fsp3) is 0.176. The summed E-state index contributed by atoms with van der Waals surface area (Å²) in [6, 6.07) is 14.1. The number of hydrogen-bond donors (Lipinski definition) is 1. The summed E-state index contributed by atoms with van der Waals surface area (Å²) in [5.41, 5.74) is 5.18. The number of nitrogens with zero attached hydrogens (tertiary/aromatic N) is 2. The molecule has 1 aromatic carbocycles. The lowest BCUT2D eigenvalue weighted by Gasteiger charge is -2.12. The fourth-order valence-electron chi connectivity index (χ4n) is 2.45. The number of benzene rings is 1. The third-order valence-corrected chi connectivity index (χ3v) is 3.66. The van der Waals surface area contributed by atoms with Crippen LogP contribution in [0.1, 0.15) is 17.0 Å². The van der Waals surface area contributed by atoms with Gasteiger partial charge in [0.05, 0.1) is 16.9 Å². The van der Waals surface area contributed by atoms with Crippen LogP contribution in [0.3, 0.4) is 0 Å². The van der Waals surface area contributed by atoms with Crippen LogP contribution in [0, 0.1) is 13.8 Å². The van der Waals surface area contributed by atoms with Gasteiger partial charge in [0.15, 0.2) is 0 Å². The molecule has 3 rings (SSSR count). The van der Waals surface area contributed by atoms with E-state index in [9.17, 15) is 0 Å². The summed E-state index contributed by atoms with van der Waals surface area (Å²) in [5, 5.41) is 5.12. The minimum Gasteiger partial charge on any atom is -0.379 e. The molecule has 3 nitrogen and oxygen atoms in total. The van der Waals surface area contributed by atoms with Crippen LogP contribution in [-0.4, -0.2) is 9.97 Å². The standard InChI is InChI=1S/C17H16ClN3/c1-11-9-13(14-5-3-4-6-16(14)20-11)10-19-15-7-8-17(18)21-12(15)2/h3-9,19H,10H2,1-2H3. The molecule has 2 aromatic heterocycles. The quantitative estimate of drug-likeness (QED) is 0.723. The van der Waals surface area contributed by atoms with Crippen LogP contribution in [-0.2, 0) is 6.54 Å². The Hall–Kier alpha value is -2.13. The molecule has 0 aliphatic heterocycles. The second-order valence-electron chi connectivity index (χ2n) is 5.06. The van der Waals surface area contributed by atoms with E-state index in [0.717, 1.165) is 29.1 Å². The summed E-state index contributed by atoms with van der Waals surface area (Å²) in [5.74, 6) is 0. The van der Waals surface area contributed by atoms with Crippen molar-refractivity contribution in [1.82, 2.24) is 9.97 Å². The Morgan fingerprint density at radius 1 is 1.05 bits per heavy atom. The zero-order valence-corrected chi connectivity index (χ0v) is 12.8. The number of pyridine rings is 2. The van der Waals surface area contributed by atoms with Crippen molar-refractivity contribution in [2.24, 2.45) is 0 Å². The highest BCUT2D eigenvalue weighted by molar-refractivity contribution is 6.29. The lowest BCUT2D eigenvalue weighted by atomic mass is 10.1. The number of rotatable bonds is 3. The maximum Gasteiger partial charge on any atom is 0.129 e. The molecule has 0 saturated carbocycles. The third-order valence-electron chi connectivity index (χ3n) is 3.45. The van der Waals surface area contributed by atoms with E-state index in [1.54, 1.807) is 6.07 Å². The van der Waals surface area contributed by atoms with Gasteiger partial charge in [0.2, 0.25) is 0 Å². The van der Waals surface area contributed by atoms with E-state index in [1.165, 1.54) is 10.9 Å². The Balaban J connectivity index is 1.91. The SMILES string of the molecule is Cc1cc(CNc2ccc(Cl)nc2C)c2ccccc2n1. The summed E-state index contributed by atoms with van der Waals surface area (Å²) in [6.07, 6.45) is 0. The average Bonchev–Trinajstić information content (AvgIpc) is 2.46. The van der Waals surface area contributed by atoms with Crippen LogP contribution in [0.25, 0.3) is 10.9 Å². The molecule has 106 valence electrons. The number of aryl methyl sites for hydroxylation is 2. The normalized spacial score (nSPS) is 10.8. The van der Waals surface area contributed by atoms with Crippen molar-refractivity contribution in [3.8, 4) is 0 Å². The first-order chi connectivity index (χ1) is 10.1. The Morgan fingerprint density at radius 2 is 1.86 bits per heavy atom. The maximum atomic E-state index is 5.89. The van der Waals surface area contributed by atoms with Gasteiger partial charge >= 0.3 is 0 Å². The Bertz CT molecular complexity index is 799. The van der Waals surface area contributed by atoms with E-state index in [4.69, 9.17) is 11.6 Å². The van der Waals surface area contributed by atoms with E-state index in [2.05, 4.69) is 27.4 Å². The second-order valence-corrected chi connectivity index (χ2v) is 5.45. The maximum absolute atomic E-state index is 5.89. The van der Waals surface area contributed by atoms with Crippen LogP contribution in [0.5, 0.6) is 0 Å². The fourth-order valence-corrected chi connectivity index (χ4v) is 2.64. The summed E-state index contributed by atoms with van der Waals surface area (Å²) >= 11 is 5.89. The van der Waals surface area contributed by atoms with Crippen molar-refractivity contribution in [3.63, 3.8) is 0 Å². The Labute approximate surface area is 129 Å². The lowest BCUT2D eigenvalue weighted by molar-refractivity contribution is 1.10. The smallest absolute Gasteiger partial charge is 0.129 e. The topological polar surface area (TPSA) is 37.8 Å². The number of aromatic nitrogens is 2. The minimum atomic E-state index is 0.517.